The van der Waals surface area contributed by atoms with E-state index in [0.717, 1.165) is 5.56 Å². The highest BCUT2D eigenvalue weighted by Crippen LogP contribution is 2.24. The van der Waals surface area contributed by atoms with Crippen LogP contribution in [-0.4, -0.2) is 19.3 Å². The Hall–Kier alpha value is -2.07. The maximum absolute atomic E-state index is 5.67. The first-order chi connectivity index (χ1) is 9.62. The summed E-state index contributed by atoms with van der Waals surface area (Å²) in [5.74, 6) is 2.06. The Morgan fingerprint density at radius 1 is 0.850 bits per heavy atom. The Balaban J connectivity index is 2.22. The first-order valence-electron chi connectivity index (χ1n) is 6.14. The average Bonchev–Trinajstić information content (AvgIpc) is 2.48. The molecule has 0 amide bonds. The topological polar surface area (TPSA) is 27.7 Å². The van der Waals surface area contributed by atoms with Gasteiger partial charge in [0.15, 0.2) is 5.05 Å². The van der Waals surface area contributed by atoms with Crippen LogP contribution in [0.4, 0.5) is 0 Å². The molecule has 4 heteroatoms. The maximum atomic E-state index is 5.67. The van der Waals surface area contributed by atoms with E-state index in [2.05, 4.69) is 0 Å². The van der Waals surface area contributed by atoms with Gasteiger partial charge in [0.05, 0.1) is 14.2 Å². The van der Waals surface area contributed by atoms with Gasteiger partial charge >= 0.3 is 0 Å². The fourth-order valence-electron chi connectivity index (χ4n) is 1.70. The van der Waals surface area contributed by atoms with Crippen molar-refractivity contribution in [3.8, 4) is 17.2 Å². The molecule has 0 N–H and O–H groups in total. The predicted octanol–water partition coefficient (Wildman–Crippen LogP) is 3.77. The third-order valence-corrected chi connectivity index (χ3v) is 3.14. The predicted molar refractivity (Wildman–Crippen MR) is 83.1 cm³/mol. The molecule has 0 unspecified atom stereocenters. The first-order valence-corrected chi connectivity index (χ1v) is 6.55. The van der Waals surface area contributed by atoms with Crippen LogP contribution >= 0.6 is 12.2 Å². The Morgan fingerprint density at radius 3 is 1.90 bits per heavy atom. The zero-order valence-corrected chi connectivity index (χ0v) is 12.5. The minimum atomic E-state index is 0.381. The van der Waals surface area contributed by atoms with E-state index in [9.17, 15) is 0 Å². The lowest BCUT2D eigenvalue weighted by atomic mass is 10.2. The van der Waals surface area contributed by atoms with Gasteiger partial charge in [-0.1, -0.05) is 17.7 Å². The first kappa shape index (κ1) is 14.3. The number of methoxy groups -OCH3 is 2. The Kier molecular flexibility index (Phi) is 4.58. The standard InChI is InChI=1S/C16H16O3S/c1-11-4-6-13(7-5-11)19-16(20)12-8-14(17-2)10-15(9-12)18-3/h4-10H,1-3H3. The molecule has 0 aliphatic rings. The molecule has 0 fully saturated rings. The number of hydrogen-bond donors (Lipinski definition) is 0. The molecule has 0 spiro atoms. The average molecular weight is 288 g/mol. The highest BCUT2D eigenvalue weighted by molar-refractivity contribution is 7.80. The van der Waals surface area contributed by atoms with E-state index >= 15 is 0 Å². The molecule has 3 nitrogen and oxygen atoms in total. The molecule has 2 aromatic rings. The van der Waals surface area contributed by atoms with Gasteiger partial charge in [0, 0.05) is 11.6 Å². The van der Waals surface area contributed by atoms with Crippen LogP contribution in [0.2, 0.25) is 0 Å². The zero-order chi connectivity index (χ0) is 14.5. The molecule has 20 heavy (non-hydrogen) atoms. The summed E-state index contributed by atoms with van der Waals surface area (Å²) in [5, 5.41) is 0.381. The van der Waals surface area contributed by atoms with Crippen LogP contribution < -0.4 is 14.2 Å². The van der Waals surface area contributed by atoms with Crippen molar-refractivity contribution in [3.63, 3.8) is 0 Å². The second kappa shape index (κ2) is 6.39. The van der Waals surface area contributed by atoms with Crippen LogP contribution in [0.15, 0.2) is 42.5 Å². The summed E-state index contributed by atoms with van der Waals surface area (Å²) in [6, 6.07) is 13.2. The van der Waals surface area contributed by atoms with Crippen molar-refractivity contribution >= 4 is 17.3 Å². The summed E-state index contributed by atoms with van der Waals surface area (Å²) in [5.41, 5.74) is 1.92. The van der Waals surface area contributed by atoms with E-state index in [-0.39, 0.29) is 0 Å². The van der Waals surface area contributed by atoms with Crippen LogP contribution in [0.5, 0.6) is 17.2 Å². The van der Waals surface area contributed by atoms with E-state index in [1.54, 1.807) is 20.3 Å². The van der Waals surface area contributed by atoms with Crippen molar-refractivity contribution in [2.75, 3.05) is 14.2 Å². The van der Waals surface area contributed by atoms with Gasteiger partial charge < -0.3 is 14.2 Å². The van der Waals surface area contributed by atoms with Crippen LogP contribution in [0.25, 0.3) is 0 Å². The number of aryl methyl sites for hydroxylation is 1. The van der Waals surface area contributed by atoms with Crippen molar-refractivity contribution in [1.82, 2.24) is 0 Å². The summed E-state index contributed by atoms with van der Waals surface area (Å²) < 4.78 is 16.1. The van der Waals surface area contributed by atoms with Gasteiger partial charge in [-0.15, -0.1) is 0 Å². The van der Waals surface area contributed by atoms with E-state index in [1.165, 1.54) is 5.56 Å². The molecule has 0 radical (unpaired) electrons. The van der Waals surface area contributed by atoms with Crippen molar-refractivity contribution in [3.05, 3.63) is 53.6 Å². The second-order valence-corrected chi connectivity index (χ2v) is 4.67. The lowest BCUT2D eigenvalue weighted by molar-refractivity contribution is 0.394. The minimum Gasteiger partial charge on any atom is -0.497 e. The highest BCUT2D eigenvalue weighted by atomic mass is 32.1. The minimum absolute atomic E-state index is 0.381. The third-order valence-electron chi connectivity index (χ3n) is 2.82. The third kappa shape index (κ3) is 3.48. The second-order valence-electron chi connectivity index (χ2n) is 4.30. The molecular formula is C16H16O3S. The molecule has 0 aromatic heterocycles. The fraction of sp³-hybridized carbons (Fsp3) is 0.188. The largest absolute Gasteiger partial charge is 0.497 e. The summed E-state index contributed by atoms with van der Waals surface area (Å²) in [4.78, 5) is 0. The fourth-order valence-corrected chi connectivity index (χ4v) is 1.91. The van der Waals surface area contributed by atoms with Crippen LogP contribution in [0.3, 0.4) is 0 Å². The molecule has 0 saturated carbocycles. The van der Waals surface area contributed by atoms with Gasteiger partial charge in [0.25, 0.3) is 0 Å². The van der Waals surface area contributed by atoms with Crippen molar-refractivity contribution in [2.45, 2.75) is 6.92 Å². The smallest absolute Gasteiger partial charge is 0.198 e. The van der Waals surface area contributed by atoms with Gasteiger partial charge in [-0.05, 0) is 43.4 Å². The monoisotopic (exact) mass is 288 g/mol. The van der Waals surface area contributed by atoms with Gasteiger partial charge in [-0.2, -0.15) is 0 Å². The van der Waals surface area contributed by atoms with Gasteiger partial charge in [-0.25, -0.2) is 0 Å². The summed E-state index contributed by atoms with van der Waals surface area (Å²) in [7, 11) is 3.20. The van der Waals surface area contributed by atoms with Crippen LogP contribution in [0.1, 0.15) is 11.1 Å². The highest BCUT2D eigenvalue weighted by Gasteiger charge is 2.08. The van der Waals surface area contributed by atoms with Crippen LogP contribution in [-0.2, 0) is 0 Å². The van der Waals surface area contributed by atoms with E-state index < -0.39 is 0 Å². The summed E-state index contributed by atoms with van der Waals surface area (Å²) in [6.07, 6.45) is 0. The normalized spacial score (nSPS) is 9.95. The SMILES string of the molecule is COc1cc(OC)cc(C(=S)Oc2ccc(C)cc2)c1. The number of benzene rings is 2. The van der Waals surface area contributed by atoms with Gasteiger partial charge in [0.2, 0.25) is 0 Å². The number of hydrogen-bond acceptors (Lipinski definition) is 4. The molecule has 0 heterocycles. The molecule has 0 saturated heterocycles. The Morgan fingerprint density at radius 2 is 1.40 bits per heavy atom. The lowest BCUT2D eigenvalue weighted by Crippen LogP contribution is -2.07. The maximum Gasteiger partial charge on any atom is 0.198 e. The van der Waals surface area contributed by atoms with E-state index in [1.807, 2.05) is 43.3 Å². The van der Waals surface area contributed by atoms with Gasteiger partial charge in [-0.3, -0.25) is 0 Å². The van der Waals surface area contributed by atoms with Gasteiger partial charge in [0.1, 0.15) is 17.2 Å². The quantitative estimate of drug-likeness (QED) is 0.801. The zero-order valence-electron chi connectivity index (χ0n) is 11.7. The molecular weight excluding hydrogens is 272 g/mol. The summed E-state index contributed by atoms with van der Waals surface area (Å²) in [6.45, 7) is 2.02. The van der Waals surface area contributed by atoms with Crippen LogP contribution in [0, 0.1) is 6.92 Å². The molecule has 0 aliphatic carbocycles. The number of rotatable bonds is 4. The number of ether oxygens (including phenoxy) is 3. The molecule has 2 aromatic carbocycles. The molecule has 0 aliphatic heterocycles. The number of thiocarbonyl (C=S) groups is 1. The van der Waals surface area contributed by atoms with E-state index in [0.29, 0.717) is 22.3 Å². The Labute approximate surface area is 124 Å². The lowest BCUT2D eigenvalue weighted by Gasteiger charge is -2.10. The summed E-state index contributed by atoms with van der Waals surface area (Å²) >= 11 is 5.32. The molecule has 104 valence electrons. The Bertz CT molecular complexity index is 583. The van der Waals surface area contributed by atoms with Crippen molar-refractivity contribution in [2.24, 2.45) is 0 Å². The van der Waals surface area contributed by atoms with Crippen molar-refractivity contribution < 1.29 is 14.2 Å². The molecule has 0 bridgehead atoms. The molecule has 2 rings (SSSR count). The van der Waals surface area contributed by atoms with E-state index in [4.69, 9.17) is 26.4 Å². The van der Waals surface area contributed by atoms with Crippen molar-refractivity contribution in [1.29, 1.82) is 0 Å². The molecule has 0 atom stereocenters.